The fourth-order valence-electron chi connectivity index (χ4n) is 0.979. The molecular weight excluding hydrogens is 228 g/mol. The number of hydrogen-bond acceptors (Lipinski definition) is 4. The Balaban J connectivity index is 3.65. The summed E-state index contributed by atoms with van der Waals surface area (Å²) in [6, 6.07) is 0. The van der Waals surface area contributed by atoms with Gasteiger partial charge in [0.15, 0.2) is 9.84 Å². The van der Waals surface area contributed by atoms with Gasteiger partial charge in [-0.25, -0.2) is 8.42 Å². The Morgan fingerprint density at radius 2 is 1.88 bits per heavy atom. The highest BCUT2D eigenvalue weighted by atomic mass is 32.2. The lowest BCUT2D eigenvalue weighted by Gasteiger charge is -2.08. The lowest BCUT2D eigenvalue weighted by molar-refractivity contribution is -0.120. The van der Waals surface area contributed by atoms with E-state index in [0.717, 1.165) is 6.42 Å². The summed E-state index contributed by atoms with van der Waals surface area (Å²) in [5, 5.41) is 5.16. The van der Waals surface area contributed by atoms with Crippen LogP contribution in [0, 0.1) is 0 Å². The van der Waals surface area contributed by atoms with Gasteiger partial charge in [0.25, 0.3) is 0 Å². The van der Waals surface area contributed by atoms with Gasteiger partial charge in [0.2, 0.25) is 5.91 Å². The summed E-state index contributed by atoms with van der Waals surface area (Å²) < 4.78 is 22.8. The van der Waals surface area contributed by atoms with Crippen LogP contribution in [0.3, 0.4) is 0 Å². The minimum absolute atomic E-state index is 0.0751. The lowest BCUT2D eigenvalue weighted by Crippen LogP contribution is -2.36. The smallest absolute Gasteiger partial charge is 0.233 e. The van der Waals surface area contributed by atoms with Crippen molar-refractivity contribution in [3.8, 4) is 0 Å². The van der Waals surface area contributed by atoms with Crippen molar-refractivity contribution in [2.24, 2.45) is 0 Å². The van der Waals surface area contributed by atoms with E-state index in [1.807, 2.05) is 6.92 Å². The van der Waals surface area contributed by atoms with Gasteiger partial charge in [-0.05, 0) is 20.3 Å². The molecule has 0 rings (SSSR count). The van der Waals surface area contributed by atoms with Crippen LogP contribution in [-0.2, 0) is 14.6 Å². The normalized spacial score (nSPS) is 11.8. The molecule has 0 unspecified atom stereocenters. The molecule has 0 aliphatic carbocycles. The molecule has 5 nitrogen and oxygen atoms in total. The number of carbonyl (C=O) groups is 1. The third kappa shape index (κ3) is 6.79. The Kier molecular flexibility index (Phi) is 7.33. The van der Waals surface area contributed by atoms with Crippen LogP contribution in [0.15, 0.2) is 0 Å². The zero-order chi connectivity index (χ0) is 12.6. The molecule has 1 amide bonds. The predicted molar refractivity (Wildman–Crippen MR) is 65.1 cm³/mol. The topological polar surface area (TPSA) is 75.3 Å². The van der Waals surface area contributed by atoms with Gasteiger partial charge in [-0.1, -0.05) is 6.92 Å². The van der Waals surface area contributed by atoms with Crippen molar-refractivity contribution in [1.29, 1.82) is 0 Å². The first-order valence-electron chi connectivity index (χ1n) is 5.59. The summed E-state index contributed by atoms with van der Waals surface area (Å²) in [5.74, 6) is -0.0186. The Bertz CT molecular complexity index is 299. The Labute approximate surface area is 97.9 Å². The maximum absolute atomic E-state index is 11.4. The van der Waals surface area contributed by atoms with Gasteiger partial charge in [0, 0.05) is 13.1 Å². The van der Waals surface area contributed by atoms with Crippen LogP contribution in [0.4, 0.5) is 0 Å². The molecule has 0 saturated heterocycles. The van der Waals surface area contributed by atoms with Crippen LogP contribution in [0.2, 0.25) is 0 Å². The highest BCUT2D eigenvalue weighted by Crippen LogP contribution is 1.98. The lowest BCUT2D eigenvalue weighted by atomic mass is 10.4. The Morgan fingerprint density at radius 3 is 2.38 bits per heavy atom. The maximum Gasteiger partial charge on any atom is 0.233 e. The van der Waals surface area contributed by atoms with Crippen molar-refractivity contribution in [3.63, 3.8) is 0 Å². The summed E-state index contributed by atoms with van der Waals surface area (Å²) in [6.07, 6.45) is 0.896. The van der Waals surface area contributed by atoms with E-state index >= 15 is 0 Å². The summed E-state index contributed by atoms with van der Waals surface area (Å²) in [6.45, 7) is 6.44. The first kappa shape index (κ1) is 15.4. The van der Waals surface area contributed by atoms with Gasteiger partial charge < -0.3 is 10.6 Å². The summed E-state index contributed by atoms with van der Waals surface area (Å²) in [5.41, 5.74) is 0. The molecule has 2 N–H and O–H groups in total. The molecule has 0 fully saturated rings. The second-order valence-corrected chi connectivity index (χ2v) is 6.62. The van der Waals surface area contributed by atoms with Gasteiger partial charge in [-0.15, -0.1) is 0 Å². The fourth-order valence-corrected chi connectivity index (χ4v) is 1.88. The first-order valence-corrected chi connectivity index (χ1v) is 7.30. The number of sulfone groups is 1. The van der Waals surface area contributed by atoms with Crippen molar-refractivity contribution >= 4 is 15.7 Å². The largest absolute Gasteiger partial charge is 0.355 e. The van der Waals surface area contributed by atoms with E-state index < -0.39 is 9.84 Å². The molecule has 0 aromatic heterocycles. The molecule has 6 heteroatoms. The number of rotatable bonds is 8. The minimum Gasteiger partial charge on any atom is -0.355 e. The number of amides is 1. The Hall–Kier alpha value is -0.620. The Morgan fingerprint density at radius 1 is 1.25 bits per heavy atom. The summed E-state index contributed by atoms with van der Waals surface area (Å²) >= 11 is 0. The van der Waals surface area contributed by atoms with Gasteiger partial charge in [0.1, 0.15) is 0 Å². The molecular formula is C10H22N2O3S. The van der Waals surface area contributed by atoms with Crippen LogP contribution >= 0.6 is 0 Å². The van der Waals surface area contributed by atoms with Crippen molar-refractivity contribution in [2.75, 3.05) is 25.4 Å². The molecule has 0 aliphatic heterocycles. The second kappa shape index (κ2) is 7.62. The third-order valence-electron chi connectivity index (χ3n) is 2.14. The molecule has 0 radical (unpaired) electrons. The van der Waals surface area contributed by atoms with Gasteiger partial charge in [0.05, 0.1) is 17.5 Å². The molecule has 0 heterocycles. The van der Waals surface area contributed by atoms with E-state index in [-0.39, 0.29) is 23.5 Å². The quantitative estimate of drug-likeness (QED) is 0.591. The van der Waals surface area contributed by atoms with Gasteiger partial charge in [-0.2, -0.15) is 0 Å². The standard InChI is InChI=1S/C10H22N2O3S/c1-4-5-12-10(13)8-11-6-7-16(14,15)9(2)3/h9,11H,4-8H2,1-3H3,(H,12,13). The van der Waals surface area contributed by atoms with E-state index in [9.17, 15) is 13.2 Å². The van der Waals surface area contributed by atoms with E-state index in [1.54, 1.807) is 13.8 Å². The molecule has 0 bridgehead atoms. The molecule has 0 aromatic rings. The number of hydrogen-bond donors (Lipinski definition) is 2. The monoisotopic (exact) mass is 250 g/mol. The van der Waals surface area contributed by atoms with E-state index in [1.165, 1.54) is 0 Å². The SMILES string of the molecule is CCCNC(=O)CNCCS(=O)(=O)C(C)C. The molecule has 96 valence electrons. The average Bonchev–Trinajstić information content (AvgIpc) is 2.21. The molecule has 0 aromatic carbocycles. The summed E-state index contributed by atoms with van der Waals surface area (Å²) in [4.78, 5) is 11.1. The zero-order valence-electron chi connectivity index (χ0n) is 10.2. The molecule has 0 aliphatic rings. The van der Waals surface area contributed by atoms with Crippen molar-refractivity contribution in [1.82, 2.24) is 10.6 Å². The first-order chi connectivity index (χ1) is 7.40. The highest BCUT2D eigenvalue weighted by molar-refractivity contribution is 7.92. The van der Waals surface area contributed by atoms with Gasteiger partial charge in [-0.3, -0.25) is 4.79 Å². The number of nitrogens with one attached hydrogen (secondary N) is 2. The van der Waals surface area contributed by atoms with Gasteiger partial charge >= 0.3 is 0 Å². The van der Waals surface area contributed by atoms with E-state index in [2.05, 4.69) is 10.6 Å². The average molecular weight is 250 g/mol. The number of carbonyl (C=O) groups excluding carboxylic acids is 1. The zero-order valence-corrected chi connectivity index (χ0v) is 11.1. The van der Waals surface area contributed by atoms with Crippen molar-refractivity contribution in [3.05, 3.63) is 0 Å². The van der Waals surface area contributed by atoms with Crippen LogP contribution in [0.25, 0.3) is 0 Å². The minimum atomic E-state index is -3.01. The third-order valence-corrected chi connectivity index (χ3v) is 4.35. The predicted octanol–water partition coefficient (Wildman–Crippen LogP) is -0.0746. The maximum atomic E-state index is 11.4. The van der Waals surface area contributed by atoms with Crippen LogP contribution in [0.1, 0.15) is 27.2 Å². The summed E-state index contributed by atoms with van der Waals surface area (Å²) in [7, 11) is -3.01. The van der Waals surface area contributed by atoms with E-state index in [0.29, 0.717) is 13.1 Å². The molecule has 0 atom stereocenters. The highest BCUT2D eigenvalue weighted by Gasteiger charge is 2.15. The van der Waals surface area contributed by atoms with Crippen LogP contribution in [0.5, 0.6) is 0 Å². The van der Waals surface area contributed by atoms with Crippen molar-refractivity contribution < 1.29 is 13.2 Å². The van der Waals surface area contributed by atoms with E-state index in [4.69, 9.17) is 0 Å². The molecule has 0 spiro atoms. The van der Waals surface area contributed by atoms with Crippen molar-refractivity contribution in [2.45, 2.75) is 32.4 Å². The van der Waals surface area contributed by atoms with Crippen LogP contribution in [-0.4, -0.2) is 45.0 Å². The fraction of sp³-hybridized carbons (Fsp3) is 0.900. The molecule has 16 heavy (non-hydrogen) atoms. The molecule has 0 saturated carbocycles. The second-order valence-electron chi connectivity index (χ2n) is 3.94. The van der Waals surface area contributed by atoms with Crippen LogP contribution < -0.4 is 10.6 Å².